The summed E-state index contributed by atoms with van der Waals surface area (Å²) < 4.78 is 0. The van der Waals surface area contributed by atoms with E-state index >= 15 is 0 Å². The number of fused-ring (bicyclic) bond motifs is 1. The molecule has 0 aromatic carbocycles. The van der Waals surface area contributed by atoms with Gasteiger partial charge in [-0.2, -0.15) is 0 Å². The predicted octanol–water partition coefficient (Wildman–Crippen LogP) is 0.636. The Bertz CT molecular complexity index is 390. The summed E-state index contributed by atoms with van der Waals surface area (Å²) in [6, 6.07) is 0. The lowest BCUT2D eigenvalue weighted by molar-refractivity contribution is 0.0687. The van der Waals surface area contributed by atoms with Gasteiger partial charge in [-0.1, -0.05) is 0 Å². The summed E-state index contributed by atoms with van der Waals surface area (Å²) in [5, 5.41) is 16.2. The van der Waals surface area contributed by atoms with Crippen LogP contribution in [0, 0.1) is 0 Å². The highest BCUT2D eigenvalue weighted by Crippen LogP contribution is 2.26. The SMILES string of the molecule is Nc1nnc(C(=O)O)c2c1CCCC2. The summed E-state index contributed by atoms with van der Waals surface area (Å²) in [5.74, 6) is -0.639. The quantitative estimate of drug-likeness (QED) is 0.683. The maximum Gasteiger partial charge on any atom is 0.356 e. The van der Waals surface area contributed by atoms with Crippen molar-refractivity contribution >= 4 is 11.8 Å². The fourth-order valence-electron chi connectivity index (χ4n) is 1.85. The van der Waals surface area contributed by atoms with Crippen LogP contribution in [0.5, 0.6) is 0 Å². The molecule has 0 saturated heterocycles. The van der Waals surface area contributed by atoms with Crippen molar-refractivity contribution < 1.29 is 9.90 Å². The molecule has 0 bridgehead atoms. The van der Waals surface area contributed by atoms with Crippen LogP contribution in [0.25, 0.3) is 0 Å². The minimum Gasteiger partial charge on any atom is -0.476 e. The number of carboxylic acid groups (broad SMARTS) is 1. The molecule has 0 atom stereocenters. The van der Waals surface area contributed by atoms with Gasteiger partial charge in [-0.25, -0.2) is 4.79 Å². The van der Waals surface area contributed by atoms with Crippen molar-refractivity contribution in [3.63, 3.8) is 0 Å². The van der Waals surface area contributed by atoms with Crippen molar-refractivity contribution in [2.24, 2.45) is 0 Å². The van der Waals surface area contributed by atoms with Gasteiger partial charge in [0.15, 0.2) is 5.69 Å². The molecular formula is C9H11N3O2. The lowest BCUT2D eigenvalue weighted by atomic mass is 9.91. The minimum absolute atomic E-state index is 0.0638. The van der Waals surface area contributed by atoms with Crippen LogP contribution < -0.4 is 5.73 Å². The molecule has 0 radical (unpaired) electrons. The average Bonchev–Trinajstić information content (AvgIpc) is 2.18. The Hall–Kier alpha value is -1.65. The maximum atomic E-state index is 10.8. The summed E-state index contributed by atoms with van der Waals surface area (Å²) in [6.07, 6.45) is 3.61. The molecule has 1 aromatic heterocycles. The average molecular weight is 193 g/mol. The molecule has 0 saturated carbocycles. The van der Waals surface area contributed by atoms with Crippen molar-refractivity contribution in [1.82, 2.24) is 10.2 Å². The molecular weight excluding hydrogens is 182 g/mol. The van der Waals surface area contributed by atoms with Crippen molar-refractivity contribution in [1.29, 1.82) is 0 Å². The zero-order chi connectivity index (χ0) is 10.1. The molecule has 0 amide bonds. The highest BCUT2D eigenvalue weighted by atomic mass is 16.4. The van der Waals surface area contributed by atoms with Crippen molar-refractivity contribution in [3.05, 3.63) is 16.8 Å². The molecule has 0 spiro atoms. The van der Waals surface area contributed by atoms with Gasteiger partial charge in [-0.15, -0.1) is 10.2 Å². The summed E-state index contributed by atoms with van der Waals surface area (Å²) >= 11 is 0. The van der Waals surface area contributed by atoms with E-state index in [4.69, 9.17) is 10.8 Å². The van der Waals surface area contributed by atoms with Gasteiger partial charge < -0.3 is 10.8 Å². The molecule has 5 nitrogen and oxygen atoms in total. The molecule has 0 fully saturated rings. The van der Waals surface area contributed by atoms with Gasteiger partial charge in [-0.3, -0.25) is 0 Å². The van der Waals surface area contributed by atoms with Gasteiger partial charge in [0.1, 0.15) is 5.82 Å². The summed E-state index contributed by atoms with van der Waals surface area (Å²) in [7, 11) is 0. The van der Waals surface area contributed by atoms with Crippen molar-refractivity contribution in [3.8, 4) is 0 Å². The highest BCUT2D eigenvalue weighted by Gasteiger charge is 2.21. The topological polar surface area (TPSA) is 89.1 Å². The Morgan fingerprint density at radius 3 is 2.50 bits per heavy atom. The number of anilines is 1. The zero-order valence-electron chi connectivity index (χ0n) is 7.66. The summed E-state index contributed by atoms with van der Waals surface area (Å²) in [5.41, 5.74) is 7.36. The first-order valence-electron chi connectivity index (χ1n) is 4.57. The Morgan fingerprint density at radius 2 is 1.86 bits per heavy atom. The predicted molar refractivity (Wildman–Crippen MR) is 50.0 cm³/mol. The highest BCUT2D eigenvalue weighted by molar-refractivity contribution is 5.87. The van der Waals surface area contributed by atoms with E-state index in [1.165, 1.54) is 0 Å². The van der Waals surface area contributed by atoms with Gasteiger partial charge in [0.2, 0.25) is 0 Å². The van der Waals surface area contributed by atoms with E-state index in [2.05, 4.69) is 10.2 Å². The third-order valence-electron chi connectivity index (χ3n) is 2.52. The standard InChI is InChI=1S/C9H11N3O2/c10-8-6-4-2-1-3-5(6)7(9(13)14)11-12-8/h1-4H2,(H2,10,12)(H,13,14). The van der Waals surface area contributed by atoms with Crippen LogP contribution in [0.4, 0.5) is 5.82 Å². The fraction of sp³-hybridized carbons (Fsp3) is 0.444. The largest absolute Gasteiger partial charge is 0.476 e. The summed E-state index contributed by atoms with van der Waals surface area (Å²) in [6.45, 7) is 0. The van der Waals surface area contributed by atoms with Crippen LogP contribution in [0.15, 0.2) is 0 Å². The van der Waals surface area contributed by atoms with Crippen LogP contribution in [0.2, 0.25) is 0 Å². The number of aromatic nitrogens is 2. The van der Waals surface area contributed by atoms with Crippen molar-refractivity contribution in [2.75, 3.05) is 5.73 Å². The Balaban J connectivity index is 2.59. The van der Waals surface area contributed by atoms with E-state index in [0.29, 0.717) is 5.82 Å². The second-order valence-corrected chi connectivity index (χ2v) is 3.40. The number of aromatic carboxylic acids is 1. The number of hydrogen-bond donors (Lipinski definition) is 2. The number of rotatable bonds is 1. The fourth-order valence-corrected chi connectivity index (χ4v) is 1.85. The van der Waals surface area contributed by atoms with E-state index < -0.39 is 5.97 Å². The second kappa shape index (κ2) is 3.25. The second-order valence-electron chi connectivity index (χ2n) is 3.40. The molecule has 5 heteroatoms. The normalized spacial score (nSPS) is 14.9. The van der Waals surface area contributed by atoms with E-state index in [1.807, 2.05) is 0 Å². The maximum absolute atomic E-state index is 10.8. The number of nitrogens with zero attached hydrogens (tertiary/aromatic N) is 2. The summed E-state index contributed by atoms with van der Waals surface area (Å²) in [4.78, 5) is 10.8. The molecule has 1 aliphatic carbocycles. The molecule has 14 heavy (non-hydrogen) atoms. The van der Waals surface area contributed by atoms with Crippen LogP contribution in [-0.2, 0) is 12.8 Å². The number of carboxylic acids is 1. The van der Waals surface area contributed by atoms with Gasteiger partial charge in [0, 0.05) is 5.56 Å². The molecule has 2 rings (SSSR count). The van der Waals surface area contributed by atoms with E-state index in [9.17, 15) is 4.79 Å². The van der Waals surface area contributed by atoms with E-state index in [1.54, 1.807) is 0 Å². The third kappa shape index (κ3) is 1.30. The number of nitrogens with two attached hydrogens (primary N) is 1. The van der Waals surface area contributed by atoms with Gasteiger partial charge >= 0.3 is 5.97 Å². The first kappa shape index (κ1) is 8.93. The number of carbonyl (C=O) groups is 1. The van der Waals surface area contributed by atoms with Gasteiger partial charge in [-0.05, 0) is 31.2 Å². The first-order chi connectivity index (χ1) is 6.70. The molecule has 74 valence electrons. The van der Waals surface area contributed by atoms with Crippen LogP contribution in [0.3, 0.4) is 0 Å². The van der Waals surface area contributed by atoms with Crippen LogP contribution in [0.1, 0.15) is 34.5 Å². The van der Waals surface area contributed by atoms with Gasteiger partial charge in [0.25, 0.3) is 0 Å². The molecule has 1 heterocycles. The number of nitrogen functional groups attached to an aromatic ring is 1. The lowest BCUT2D eigenvalue weighted by Crippen LogP contribution is -2.16. The molecule has 0 unspecified atom stereocenters. The van der Waals surface area contributed by atoms with Crippen LogP contribution in [-0.4, -0.2) is 21.3 Å². The Labute approximate surface area is 81.0 Å². The molecule has 0 aliphatic heterocycles. The molecule has 1 aliphatic rings. The Kier molecular flexibility index (Phi) is 2.07. The van der Waals surface area contributed by atoms with E-state index in [0.717, 1.165) is 36.8 Å². The van der Waals surface area contributed by atoms with Crippen LogP contribution >= 0.6 is 0 Å². The first-order valence-corrected chi connectivity index (χ1v) is 4.57. The zero-order valence-corrected chi connectivity index (χ0v) is 7.66. The van der Waals surface area contributed by atoms with Gasteiger partial charge in [0.05, 0.1) is 0 Å². The number of hydrogen-bond acceptors (Lipinski definition) is 4. The molecule has 1 aromatic rings. The smallest absolute Gasteiger partial charge is 0.356 e. The Morgan fingerprint density at radius 1 is 1.21 bits per heavy atom. The minimum atomic E-state index is -1.02. The molecule has 3 N–H and O–H groups in total. The third-order valence-corrected chi connectivity index (χ3v) is 2.52. The monoisotopic (exact) mass is 193 g/mol. The lowest BCUT2D eigenvalue weighted by Gasteiger charge is -2.17. The van der Waals surface area contributed by atoms with Crippen molar-refractivity contribution in [2.45, 2.75) is 25.7 Å². The van der Waals surface area contributed by atoms with E-state index in [-0.39, 0.29) is 5.69 Å².